The number of hydrogen-bond acceptors (Lipinski definition) is 8. The molecular formula is C34H38N8O3. The first-order valence-corrected chi connectivity index (χ1v) is 15.4. The number of pyridine rings is 1. The van der Waals surface area contributed by atoms with Gasteiger partial charge in [0.2, 0.25) is 0 Å². The fraction of sp³-hybridized carbons (Fsp3) is 0.353. The molecule has 2 fully saturated rings. The van der Waals surface area contributed by atoms with Crippen molar-refractivity contribution in [1.29, 1.82) is 5.26 Å². The predicted molar refractivity (Wildman–Crippen MR) is 173 cm³/mol. The third-order valence-electron chi connectivity index (χ3n) is 8.71. The molecule has 11 heteroatoms. The van der Waals surface area contributed by atoms with Gasteiger partial charge in [-0.1, -0.05) is 18.2 Å². The summed E-state index contributed by atoms with van der Waals surface area (Å²) in [5.41, 5.74) is 7.56. The van der Waals surface area contributed by atoms with Crippen LogP contribution in [0.5, 0.6) is 11.5 Å². The number of carbonyl (C=O) groups is 1. The Balaban J connectivity index is 1.30. The highest BCUT2D eigenvalue weighted by Gasteiger charge is 2.33. The van der Waals surface area contributed by atoms with Crippen molar-refractivity contribution < 1.29 is 9.53 Å². The molecule has 0 spiro atoms. The van der Waals surface area contributed by atoms with Crippen LogP contribution in [0.2, 0.25) is 0 Å². The van der Waals surface area contributed by atoms with Crippen molar-refractivity contribution >= 4 is 22.8 Å². The maximum Gasteiger partial charge on any atom is 0.334 e. The van der Waals surface area contributed by atoms with Gasteiger partial charge >= 0.3 is 5.69 Å². The number of likely N-dealkylation sites (tertiary alicyclic amines) is 1. The second-order valence-electron chi connectivity index (χ2n) is 12.1. The van der Waals surface area contributed by atoms with Crippen LogP contribution in [0.4, 0.5) is 5.82 Å². The number of nitrogens with two attached hydrogens (primary N) is 1. The Labute approximate surface area is 262 Å². The molecule has 4 heterocycles. The first-order valence-electron chi connectivity index (χ1n) is 15.4. The number of carbonyl (C=O) groups excluding carboxylic acids is 1. The van der Waals surface area contributed by atoms with Gasteiger partial charge in [0, 0.05) is 51.0 Å². The Morgan fingerprint density at radius 2 is 1.78 bits per heavy atom. The van der Waals surface area contributed by atoms with E-state index in [4.69, 9.17) is 10.5 Å². The minimum atomic E-state index is -0.450. The molecule has 0 bridgehead atoms. The van der Waals surface area contributed by atoms with Gasteiger partial charge in [-0.25, -0.2) is 9.78 Å². The van der Waals surface area contributed by atoms with Crippen LogP contribution >= 0.6 is 0 Å². The van der Waals surface area contributed by atoms with E-state index in [0.717, 1.165) is 26.2 Å². The van der Waals surface area contributed by atoms with E-state index in [1.807, 2.05) is 68.4 Å². The topological polar surface area (TPSA) is 134 Å². The fourth-order valence-electron chi connectivity index (χ4n) is 6.42. The van der Waals surface area contributed by atoms with Crippen LogP contribution in [0, 0.1) is 11.3 Å². The Hall–Kier alpha value is -4.92. The van der Waals surface area contributed by atoms with Crippen LogP contribution < -0.4 is 21.5 Å². The zero-order valence-corrected chi connectivity index (χ0v) is 25.6. The van der Waals surface area contributed by atoms with Crippen LogP contribution in [0.1, 0.15) is 32.7 Å². The minimum absolute atomic E-state index is 0.125. The maximum absolute atomic E-state index is 14.2. The number of anilines is 1. The number of aromatic nitrogens is 3. The molecule has 1 amide bonds. The van der Waals surface area contributed by atoms with Crippen LogP contribution in [0.25, 0.3) is 16.7 Å². The monoisotopic (exact) mass is 606 g/mol. The molecule has 0 radical (unpaired) electrons. The number of nitrogens with one attached hydrogen (secondary N) is 1. The number of para-hydroxylation sites is 1. The van der Waals surface area contributed by atoms with E-state index in [0.29, 0.717) is 54.2 Å². The van der Waals surface area contributed by atoms with E-state index in [1.54, 1.807) is 32.4 Å². The van der Waals surface area contributed by atoms with Crippen molar-refractivity contribution in [1.82, 2.24) is 29.2 Å². The number of nitrogens with zero attached hydrogens (tertiary/aromatic N) is 6. The number of nitriles is 1. The number of nitrogen functional groups attached to an aromatic ring is 1. The smallest absolute Gasteiger partial charge is 0.334 e. The van der Waals surface area contributed by atoms with Crippen molar-refractivity contribution in [2.45, 2.75) is 38.3 Å². The number of hydrogen-bond donors (Lipinski definition) is 2. The van der Waals surface area contributed by atoms with E-state index < -0.39 is 5.54 Å². The van der Waals surface area contributed by atoms with E-state index in [2.05, 4.69) is 21.3 Å². The molecule has 4 aromatic rings. The zero-order chi connectivity index (χ0) is 31.6. The summed E-state index contributed by atoms with van der Waals surface area (Å²) in [6.45, 7) is 8.32. The lowest BCUT2D eigenvalue weighted by Gasteiger charge is -2.39. The Morgan fingerprint density at radius 3 is 2.49 bits per heavy atom. The quantitative estimate of drug-likeness (QED) is 0.239. The number of piperidine rings is 1. The van der Waals surface area contributed by atoms with E-state index >= 15 is 0 Å². The first kappa shape index (κ1) is 30.1. The second-order valence-corrected chi connectivity index (χ2v) is 12.1. The number of amides is 1. The molecule has 232 valence electrons. The van der Waals surface area contributed by atoms with E-state index in [-0.39, 0.29) is 29.0 Å². The van der Waals surface area contributed by atoms with Crippen LogP contribution in [-0.2, 0) is 4.79 Å². The number of imidazole rings is 1. The zero-order valence-electron chi connectivity index (χ0n) is 25.6. The molecule has 6 rings (SSSR count). The standard InChI is InChI=1S/C34H38N8O3/c1-34(2,40-19-16-37-17-20-40)21-24(22-35)32(43)39-18-6-7-26(23-39)41-29-14-15-38-31(36)30(29)42(33(41)44)25-10-12-28(13-11-25)45-27-8-4-3-5-9-27/h3-5,8-15,21,26,37H,6-7,16-20,23H2,1-2H3,(H2,36,38)/b24-21-/t26-/m1/s1. The van der Waals surface area contributed by atoms with Crippen molar-refractivity contribution in [2.24, 2.45) is 0 Å². The summed E-state index contributed by atoms with van der Waals surface area (Å²) in [6, 6.07) is 20.4. The summed E-state index contributed by atoms with van der Waals surface area (Å²) in [5.74, 6) is 1.28. The molecule has 2 aliphatic heterocycles. The molecule has 0 saturated carbocycles. The molecule has 2 aromatic heterocycles. The normalized spacial score (nSPS) is 18.1. The second kappa shape index (κ2) is 12.6. The third-order valence-corrected chi connectivity index (χ3v) is 8.71. The third kappa shape index (κ3) is 6.07. The maximum atomic E-state index is 14.2. The molecule has 3 N–H and O–H groups in total. The number of ether oxygens (including phenoxy) is 1. The Morgan fingerprint density at radius 1 is 1.07 bits per heavy atom. The number of fused-ring (bicyclic) bond motifs is 1. The van der Waals surface area contributed by atoms with Gasteiger partial charge < -0.3 is 20.7 Å². The summed E-state index contributed by atoms with van der Waals surface area (Å²) < 4.78 is 9.23. The lowest BCUT2D eigenvalue weighted by atomic mass is 9.97. The summed E-state index contributed by atoms with van der Waals surface area (Å²) in [6.07, 6.45) is 4.78. The van der Waals surface area contributed by atoms with E-state index in [9.17, 15) is 14.9 Å². The molecular weight excluding hydrogens is 568 g/mol. The van der Waals surface area contributed by atoms with Gasteiger partial charge in [-0.15, -0.1) is 0 Å². The van der Waals surface area contributed by atoms with Crippen molar-refractivity contribution in [2.75, 3.05) is 45.0 Å². The molecule has 2 aromatic carbocycles. The van der Waals surface area contributed by atoms with Gasteiger partial charge in [0.05, 0.1) is 17.2 Å². The SMILES string of the molecule is CC(C)(/C=C(/C#N)C(=O)N1CCC[C@@H](n2c(=O)n(-c3ccc(Oc4ccccc4)cc3)c3c(N)nccc32)C1)N1CCNCC1. The molecule has 2 aliphatic rings. The highest BCUT2D eigenvalue weighted by Crippen LogP contribution is 2.30. The number of benzene rings is 2. The van der Waals surface area contributed by atoms with Crippen LogP contribution in [0.3, 0.4) is 0 Å². The molecule has 0 unspecified atom stereocenters. The Bertz CT molecular complexity index is 1810. The first-order chi connectivity index (χ1) is 21.8. The van der Waals surface area contributed by atoms with Gasteiger partial charge in [0.1, 0.15) is 34.5 Å². The fourth-order valence-corrected chi connectivity index (χ4v) is 6.42. The lowest BCUT2D eigenvalue weighted by molar-refractivity contribution is -0.128. The number of piperazine rings is 1. The summed E-state index contributed by atoms with van der Waals surface area (Å²) in [7, 11) is 0. The van der Waals surface area contributed by atoms with Gasteiger partial charge in [0.25, 0.3) is 5.91 Å². The summed E-state index contributed by atoms with van der Waals surface area (Å²) in [5, 5.41) is 13.4. The highest BCUT2D eigenvalue weighted by molar-refractivity contribution is 5.97. The van der Waals surface area contributed by atoms with Crippen molar-refractivity contribution in [3.8, 4) is 23.3 Å². The average Bonchev–Trinajstić information content (AvgIpc) is 3.37. The molecule has 45 heavy (non-hydrogen) atoms. The average molecular weight is 607 g/mol. The highest BCUT2D eigenvalue weighted by atomic mass is 16.5. The van der Waals surface area contributed by atoms with Gasteiger partial charge in [-0.3, -0.25) is 18.8 Å². The Kier molecular flexibility index (Phi) is 8.43. The molecule has 2 saturated heterocycles. The van der Waals surface area contributed by atoms with Crippen molar-refractivity contribution in [3.63, 3.8) is 0 Å². The number of rotatable bonds is 7. The molecule has 11 nitrogen and oxygen atoms in total. The van der Waals surface area contributed by atoms with Gasteiger partial charge in [-0.2, -0.15) is 5.26 Å². The van der Waals surface area contributed by atoms with Gasteiger partial charge in [-0.05, 0) is 75.2 Å². The minimum Gasteiger partial charge on any atom is -0.457 e. The van der Waals surface area contributed by atoms with Crippen molar-refractivity contribution in [3.05, 3.63) is 89.0 Å². The van der Waals surface area contributed by atoms with Gasteiger partial charge in [0.15, 0.2) is 0 Å². The molecule has 1 atom stereocenters. The largest absolute Gasteiger partial charge is 0.457 e. The molecule has 0 aliphatic carbocycles. The van der Waals surface area contributed by atoms with Crippen LogP contribution in [0.15, 0.2) is 83.3 Å². The summed E-state index contributed by atoms with van der Waals surface area (Å²) >= 11 is 0. The predicted octanol–water partition coefficient (Wildman–Crippen LogP) is 3.86. The van der Waals surface area contributed by atoms with Crippen LogP contribution in [-0.4, -0.2) is 74.6 Å². The summed E-state index contributed by atoms with van der Waals surface area (Å²) in [4.78, 5) is 36.2. The van der Waals surface area contributed by atoms with E-state index in [1.165, 1.54) is 0 Å². The lowest BCUT2D eigenvalue weighted by Crippen LogP contribution is -2.53.